The normalized spacial score (nSPS) is 17.2. The molecule has 0 amide bonds. The van der Waals surface area contributed by atoms with Crippen LogP contribution in [-0.4, -0.2) is 19.4 Å². The van der Waals surface area contributed by atoms with Gasteiger partial charge in [-0.2, -0.15) is 0 Å². The van der Waals surface area contributed by atoms with Crippen LogP contribution in [0.3, 0.4) is 0 Å². The lowest BCUT2D eigenvalue weighted by atomic mass is 9.98. The summed E-state index contributed by atoms with van der Waals surface area (Å²) in [5.74, 6) is 1.80. The summed E-state index contributed by atoms with van der Waals surface area (Å²) < 4.78 is 25.6. The summed E-state index contributed by atoms with van der Waals surface area (Å²) >= 11 is 0. The second-order valence-corrected chi connectivity index (χ2v) is 10.7. The van der Waals surface area contributed by atoms with Gasteiger partial charge in [-0.3, -0.25) is 4.57 Å². The van der Waals surface area contributed by atoms with Gasteiger partial charge in [0.05, 0.1) is 19.4 Å². The molecule has 0 aromatic carbocycles. The molecule has 0 fully saturated rings. The lowest BCUT2D eigenvalue weighted by Crippen LogP contribution is -2.13. The number of hydrogen-bond acceptors (Lipinski definition) is 3. The first-order chi connectivity index (χ1) is 13.5. The SMILES string of the molecule is CCCCC(CC)CP(=O)(OCCC(CC)CCC)OCCC(CC)CCC. The molecular formula is C24H51O3P. The Balaban J connectivity index is 4.80. The molecule has 0 aromatic heterocycles. The van der Waals surface area contributed by atoms with Crippen LogP contribution in [0.4, 0.5) is 0 Å². The molecule has 0 N–H and O–H groups in total. The van der Waals surface area contributed by atoms with Crippen molar-refractivity contribution in [1.82, 2.24) is 0 Å². The van der Waals surface area contributed by atoms with Crippen molar-refractivity contribution in [3.8, 4) is 0 Å². The number of unbranched alkanes of at least 4 members (excludes halogenated alkanes) is 1. The molecule has 0 saturated heterocycles. The van der Waals surface area contributed by atoms with Crippen molar-refractivity contribution in [2.45, 2.75) is 119 Å². The van der Waals surface area contributed by atoms with E-state index in [4.69, 9.17) is 9.05 Å². The predicted octanol–water partition coefficient (Wildman–Crippen LogP) is 8.86. The third-order valence-corrected chi connectivity index (χ3v) is 8.32. The van der Waals surface area contributed by atoms with Crippen molar-refractivity contribution in [3.05, 3.63) is 0 Å². The fourth-order valence-corrected chi connectivity index (χ4v) is 6.14. The Hall–Kier alpha value is 0.150. The standard InChI is InChI=1S/C24H51O3P/c1-7-13-16-24(12-6)21-28(25,26-19-17-22(10-4)14-8-2)27-20-18-23(11-5)15-9-3/h22-24H,7-21H2,1-6H3. The van der Waals surface area contributed by atoms with E-state index in [0.29, 0.717) is 37.1 Å². The van der Waals surface area contributed by atoms with Crippen LogP contribution in [0.2, 0.25) is 0 Å². The lowest BCUT2D eigenvalue weighted by Gasteiger charge is -2.25. The molecule has 3 unspecified atom stereocenters. The molecule has 0 rings (SSSR count). The van der Waals surface area contributed by atoms with Crippen LogP contribution >= 0.6 is 7.60 Å². The van der Waals surface area contributed by atoms with Crippen molar-refractivity contribution >= 4 is 7.60 Å². The van der Waals surface area contributed by atoms with Gasteiger partial charge in [-0.15, -0.1) is 0 Å². The van der Waals surface area contributed by atoms with E-state index in [-0.39, 0.29) is 0 Å². The Labute approximate surface area is 177 Å². The highest BCUT2D eigenvalue weighted by Gasteiger charge is 2.29. The summed E-state index contributed by atoms with van der Waals surface area (Å²) in [6.45, 7) is 14.5. The Morgan fingerprint density at radius 2 is 1.07 bits per heavy atom. The molecule has 0 aliphatic heterocycles. The third-order valence-electron chi connectivity index (χ3n) is 6.20. The third kappa shape index (κ3) is 13.4. The van der Waals surface area contributed by atoms with E-state index in [1.165, 1.54) is 51.4 Å². The Kier molecular flexibility index (Phi) is 18.1. The van der Waals surface area contributed by atoms with Crippen molar-refractivity contribution in [3.63, 3.8) is 0 Å². The van der Waals surface area contributed by atoms with E-state index in [0.717, 1.165) is 25.7 Å². The molecule has 0 radical (unpaired) electrons. The highest BCUT2D eigenvalue weighted by Crippen LogP contribution is 2.51. The van der Waals surface area contributed by atoms with Crippen molar-refractivity contribution in [2.24, 2.45) is 17.8 Å². The molecule has 28 heavy (non-hydrogen) atoms. The second-order valence-electron chi connectivity index (χ2n) is 8.58. The summed E-state index contributed by atoms with van der Waals surface area (Å²) in [5.41, 5.74) is 0. The zero-order valence-electron chi connectivity index (χ0n) is 20.0. The molecule has 0 saturated carbocycles. The summed E-state index contributed by atoms with van der Waals surface area (Å²) in [6, 6.07) is 0. The van der Waals surface area contributed by atoms with E-state index in [9.17, 15) is 4.57 Å². The van der Waals surface area contributed by atoms with E-state index in [2.05, 4.69) is 41.5 Å². The molecule has 0 aliphatic rings. The summed E-state index contributed by atoms with van der Waals surface area (Å²) in [6.07, 6.45) is 14.4. The maximum atomic E-state index is 13.6. The molecule has 3 nitrogen and oxygen atoms in total. The van der Waals surface area contributed by atoms with Crippen molar-refractivity contribution in [2.75, 3.05) is 19.4 Å². The molecular weight excluding hydrogens is 367 g/mol. The number of rotatable bonds is 20. The monoisotopic (exact) mass is 418 g/mol. The first-order valence-corrected chi connectivity index (χ1v) is 14.1. The van der Waals surface area contributed by atoms with Gasteiger partial charge in [0.2, 0.25) is 0 Å². The van der Waals surface area contributed by atoms with Crippen LogP contribution in [0.1, 0.15) is 119 Å². The summed E-state index contributed by atoms with van der Waals surface area (Å²) in [4.78, 5) is 0. The van der Waals surface area contributed by atoms with E-state index < -0.39 is 7.60 Å². The molecule has 3 atom stereocenters. The molecule has 0 spiro atoms. The van der Waals surface area contributed by atoms with Gasteiger partial charge in [0.15, 0.2) is 0 Å². The molecule has 0 aliphatic carbocycles. The summed E-state index contributed by atoms with van der Waals surface area (Å²) in [5, 5.41) is 0. The summed E-state index contributed by atoms with van der Waals surface area (Å²) in [7, 11) is -3.00. The van der Waals surface area contributed by atoms with Gasteiger partial charge in [-0.05, 0) is 37.0 Å². The average Bonchev–Trinajstić information content (AvgIpc) is 2.69. The fraction of sp³-hybridized carbons (Fsp3) is 1.00. The largest absolute Gasteiger partial charge is 0.330 e. The quantitative estimate of drug-likeness (QED) is 0.185. The van der Waals surface area contributed by atoms with Gasteiger partial charge in [0.25, 0.3) is 0 Å². The van der Waals surface area contributed by atoms with Gasteiger partial charge >= 0.3 is 7.60 Å². The predicted molar refractivity (Wildman–Crippen MR) is 124 cm³/mol. The van der Waals surface area contributed by atoms with Crippen LogP contribution in [0.5, 0.6) is 0 Å². The maximum Gasteiger partial charge on any atom is 0.330 e. The van der Waals surface area contributed by atoms with Gasteiger partial charge in [-0.1, -0.05) is 99.3 Å². The highest BCUT2D eigenvalue weighted by atomic mass is 31.2. The van der Waals surface area contributed by atoms with Crippen molar-refractivity contribution < 1.29 is 13.6 Å². The van der Waals surface area contributed by atoms with Crippen LogP contribution in [0.15, 0.2) is 0 Å². The lowest BCUT2D eigenvalue weighted by molar-refractivity contribution is 0.176. The average molecular weight is 419 g/mol. The van der Waals surface area contributed by atoms with Gasteiger partial charge < -0.3 is 9.05 Å². The highest BCUT2D eigenvalue weighted by molar-refractivity contribution is 7.53. The topological polar surface area (TPSA) is 35.5 Å². The van der Waals surface area contributed by atoms with Crippen molar-refractivity contribution in [1.29, 1.82) is 0 Å². The molecule has 170 valence electrons. The number of hydrogen-bond donors (Lipinski definition) is 0. The van der Waals surface area contributed by atoms with Crippen LogP contribution in [-0.2, 0) is 13.6 Å². The Morgan fingerprint density at radius 1 is 0.607 bits per heavy atom. The van der Waals surface area contributed by atoms with E-state index in [1.807, 2.05) is 0 Å². The van der Waals surface area contributed by atoms with Gasteiger partial charge in [0.1, 0.15) is 0 Å². The first-order valence-electron chi connectivity index (χ1n) is 12.4. The van der Waals surface area contributed by atoms with E-state index >= 15 is 0 Å². The maximum absolute atomic E-state index is 13.6. The first kappa shape index (κ1) is 28.1. The fourth-order valence-electron chi connectivity index (χ4n) is 4.01. The molecule has 0 heterocycles. The molecule has 0 aromatic rings. The smallest absolute Gasteiger partial charge is 0.309 e. The van der Waals surface area contributed by atoms with Crippen LogP contribution in [0, 0.1) is 17.8 Å². The minimum absolute atomic E-state index is 0.445. The van der Waals surface area contributed by atoms with Gasteiger partial charge in [-0.25, -0.2) is 0 Å². The molecule has 0 bridgehead atoms. The minimum atomic E-state index is -3.00. The van der Waals surface area contributed by atoms with Gasteiger partial charge in [0, 0.05) is 0 Å². The van der Waals surface area contributed by atoms with Crippen LogP contribution < -0.4 is 0 Å². The van der Waals surface area contributed by atoms with Crippen LogP contribution in [0.25, 0.3) is 0 Å². The Bertz CT molecular complexity index is 362. The van der Waals surface area contributed by atoms with E-state index in [1.54, 1.807) is 0 Å². The minimum Gasteiger partial charge on any atom is -0.309 e. The zero-order chi connectivity index (χ0) is 21.3. The molecule has 4 heteroatoms. The zero-order valence-corrected chi connectivity index (χ0v) is 20.9. The second kappa shape index (κ2) is 18.0. The Morgan fingerprint density at radius 3 is 1.43 bits per heavy atom.